The van der Waals surface area contributed by atoms with Crippen LogP contribution in [0, 0.1) is 0 Å². The minimum atomic E-state index is 0.00437. The van der Waals surface area contributed by atoms with Crippen LogP contribution in [-0.4, -0.2) is 22.4 Å². The van der Waals surface area contributed by atoms with Crippen LogP contribution in [0.1, 0.15) is 45.7 Å². The quantitative estimate of drug-likeness (QED) is 0.821. The van der Waals surface area contributed by atoms with Gasteiger partial charge in [0.05, 0.1) is 6.54 Å². The van der Waals surface area contributed by atoms with Crippen LogP contribution in [0.2, 0.25) is 0 Å². The maximum atomic E-state index is 11.9. The van der Waals surface area contributed by atoms with Gasteiger partial charge in [-0.3, -0.25) is 14.6 Å². The molecular formula is C13H23N3O. The number of aromatic amines is 1. The largest absolute Gasteiger partial charge is 0.312 e. The van der Waals surface area contributed by atoms with Crippen LogP contribution in [-0.2, 0) is 12.0 Å². The van der Waals surface area contributed by atoms with Crippen LogP contribution in [0.3, 0.4) is 0 Å². The van der Waals surface area contributed by atoms with Crippen molar-refractivity contribution in [2.24, 2.45) is 0 Å². The molecule has 0 radical (unpaired) electrons. The van der Waals surface area contributed by atoms with Gasteiger partial charge in [-0.15, -0.1) is 0 Å². The molecule has 1 aliphatic rings. The van der Waals surface area contributed by atoms with Crippen molar-refractivity contribution in [3.05, 3.63) is 22.1 Å². The summed E-state index contributed by atoms with van der Waals surface area (Å²) in [4.78, 5) is 11.9. The van der Waals surface area contributed by atoms with E-state index in [-0.39, 0.29) is 11.0 Å². The lowest BCUT2D eigenvalue weighted by molar-refractivity contribution is 0.345. The molecule has 4 heteroatoms. The Labute approximate surface area is 102 Å². The third-order valence-electron chi connectivity index (χ3n) is 3.41. The first-order chi connectivity index (χ1) is 7.97. The van der Waals surface area contributed by atoms with Gasteiger partial charge < -0.3 is 5.32 Å². The molecule has 1 saturated heterocycles. The van der Waals surface area contributed by atoms with Crippen LogP contribution in [0.5, 0.6) is 0 Å². The van der Waals surface area contributed by atoms with E-state index in [1.54, 1.807) is 10.7 Å². The molecule has 1 aromatic rings. The van der Waals surface area contributed by atoms with Gasteiger partial charge in [-0.2, -0.15) is 0 Å². The normalized spacial score (nSPS) is 21.7. The van der Waals surface area contributed by atoms with E-state index in [9.17, 15) is 4.79 Å². The minimum absolute atomic E-state index is 0.00437. The lowest BCUT2D eigenvalue weighted by Gasteiger charge is -2.23. The monoisotopic (exact) mass is 237 g/mol. The average molecular weight is 237 g/mol. The van der Waals surface area contributed by atoms with Gasteiger partial charge >= 0.3 is 0 Å². The summed E-state index contributed by atoms with van der Waals surface area (Å²) >= 11 is 0. The van der Waals surface area contributed by atoms with E-state index >= 15 is 0 Å². The van der Waals surface area contributed by atoms with Crippen molar-refractivity contribution in [3.63, 3.8) is 0 Å². The topological polar surface area (TPSA) is 49.8 Å². The van der Waals surface area contributed by atoms with Gasteiger partial charge in [0.15, 0.2) is 0 Å². The Morgan fingerprint density at radius 2 is 2.18 bits per heavy atom. The molecule has 2 N–H and O–H groups in total. The van der Waals surface area contributed by atoms with E-state index in [1.165, 1.54) is 12.8 Å². The first kappa shape index (κ1) is 12.4. The Kier molecular flexibility index (Phi) is 3.43. The third kappa shape index (κ3) is 3.00. The van der Waals surface area contributed by atoms with Crippen molar-refractivity contribution in [3.8, 4) is 0 Å². The molecule has 1 atom stereocenters. The average Bonchev–Trinajstić information content (AvgIpc) is 2.62. The zero-order chi connectivity index (χ0) is 12.5. The van der Waals surface area contributed by atoms with Gasteiger partial charge in [-0.1, -0.05) is 27.2 Å². The number of hydrogen-bond donors (Lipinski definition) is 2. The molecule has 1 fully saturated rings. The van der Waals surface area contributed by atoms with Gasteiger partial charge in [0.1, 0.15) is 0 Å². The Hall–Kier alpha value is -1.03. The zero-order valence-electron chi connectivity index (χ0n) is 11.0. The fourth-order valence-electron chi connectivity index (χ4n) is 2.25. The van der Waals surface area contributed by atoms with Crippen molar-refractivity contribution in [2.75, 3.05) is 6.54 Å². The highest BCUT2D eigenvalue weighted by Crippen LogP contribution is 2.18. The molecular weight excluding hydrogens is 214 g/mol. The van der Waals surface area contributed by atoms with Crippen LogP contribution in [0.15, 0.2) is 10.9 Å². The molecule has 1 aliphatic heterocycles. The summed E-state index contributed by atoms with van der Waals surface area (Å²) in [5, 5.41) is 6.70. The number of rotatable bonds is 2. The number of H-pyrrole nitrogens is 1. The van der Waals surface area contributed by atoms with Crippen LogP contribution in [0.25, 0.3) is 0 Å². The first-order valence-corrected chi connectivity index (χ1v) is 6.50. The number of nitrogens with zero attached hydrogens (tertiary/aromatic N) is 1. The third-order valence-corrected chi connectivity index (χ3v) is 3.41. The van der Waals surface area contributed by atoms with Crippen molar-refractivity contribution in [2.45, 2.75) is 58.0 Å². The van der Waals surface area contributed by atoms with E-state index in [1.807, 2.05) is 0 Å². The summed E-state index contributed by atoms with van der Waals surface area (Å²) in [6.07, 6.45) is 3.68. The fraction of sp³-hybridized carbons (Fsp3) is 0.769. The van der Waals surface area contributed by atoms with E-state index in [2.05, 4.69) is 31.2 Å². The Morgan fingerprint density at radius 1 is 1.41 bits per heavy atom. The first-order valence-electron chi connectivity index (χ1n) is 6.50. The van der Waals surface area contributed by atoms with Gasteiger partial charge in [-0.05, 0) is 19.4 Å². The molecule has 96 valence electrons. The van der Waals surface area contributed by atoms with E-state index in [0.29, 0.717) is 6.04 Å². The summed E-state index contributed by atoms with van der Waals surface area (Å²) < 4.78 is 1.74. The van der Waals surface area contributed by atoms with Crippen LogP contribution < -0.4 is 10.9 Å². The molecule has 2 rings (SSSR count). The summed E-state index contributed by atoms with van der Waals surface area (Å²) in [5.41, 5.74) is 1.10. The lowest BCUT2D eigenvalue weighted by atomic mass is 9.93. The molecule has 1 aromatic heterocycles. The fourth-order valence-corrected chi connectivity index (χ4v) is 2.25. The summed E-state index contributed by atoms with van der Waals surface area (Å²) in [7, 11) is 0. The van der Waals surface area contributed by atoms with Crippen molar-refractivity contribution < 1.29 is 0 Å². The predicted octanol–water partition coefficient (Wildman–Crippen LogP) is 1.62. The Balaban J connectivity index is 2.10. The molecule has 0 bridgehead atoms. The standard InChI is InChI=1S/C13H23N3O/c1-13(2,3)11-8-12(17)16(15-11)9-10-6-4-5-7-14-10/h8,10,14-15H,4-7,9H2,1-3H3. The number of aromatic nitrogens is 2. The number of nitrogens with one attached hydrogen (secondary N) is 2. The Bertz CT molecular complexity index is 419. The maximum absolute atomic E-state index is 11.9. The highest BCUT2D eigenvalue weighted by Gasteiger charge is 2.19. The molecule has 0 amide bonds. The second-order valence-electron chi connectivity index (χ2n) is 6.02. The van der Waals surface area contributed by atoms with Crippen molar-refractivity contribution in [1.82, 2.24) is 15.1 Å². The van der Waals surface area contributed by atoms with Gasteiger partial charge in [0.25, 0.3) is 5.56 Å². The smallest absolute Gasteiger partial charge is 0.266 e. The summed E-state index contributed by atoms with van der Waals surface area (Å²) in [6, 6.07) is 2.16. The van der Waals surface area contributed by atoms with E-state index in [4.69, 9.17) is 0 Å². The summed E-state index contributed by atoms with van der Waals surface area (Å²) in [6.45, 7) is 8.17. The second kappa shape index (κ2) is 4.69. The van der Waals surface area contributed by atoms with Gasteiger partial charge in [0, 0.05) is 23.2 Å². The molecule has 4 nitrogen and oxygen atoms in total. The lowest BCUT2D eigenvalue weighted by Crippen LogP contribution is -2.39. The van der Waals surface area contributed by atoms with Crippen LogP contribution >= 0.6 is 0 Å². The molecule has 0 aliphatic carbocycles. The van der Waals surface area contributed by atoms with Crippen molar-refractivity contribution in [1.29, 1.82) is 0 Å². The Morgan fingerprint density at radius 3 is 2.71 bits per heavy atom. The number of hydrogen-bond acceptors (Lipinski definition) is 2. The minimum Gasteiger partial charge on any atom is -0.312 e. The second-order valence-corrected chi connectivity index (χ2v) is 6.02. The van der Waals surface area contributed by atoms with Crippen molar-refractivity contribution >= 4 is 0 Å². The highest BCUT2D eigenvalue weighted by molar-refractivity contribution is 5.10. The van der Waals surface area contributed by atoms with Gasteiger partial charge in [-0.25, -0.2) is 0 Å². The van der Waals surface area contributed by atoms with Gasteiger partial charge in [0.2, 0.25) is 0 Å². The molecule has 1 unspecified atom stereocenters. The molecule has 0 aromatic carbocycles. The highest BCUT2D eigenvalue weighted by atomic mass is 16.1. The maximum Gasteiger partial charge on any atom is 0.266 e. The number of piperidine rings is 1. The molecule has 0 saturated carbocycles. The molecule has 0 spiro atoms. The van der Waals surface area contributed by atoms with Crippen LogP contribution in [0.4, 0.5) is 0 Å². The summed E-state index contributed by atoms with van der Waals surface area (Å²) in [5.74, 6) is 0. The SMILES string of the molecule is CC(C)(C)c1cc(=O)n(CC2CCCCN2)[nH]1. The molecule has 2 heterocycles. The predicted molar refractivity (Wildman–Crippen MR) is 69.4 cm³/mol. The molecule has 17 heavy (non-hydrogen) atoms. The zero-order valence-corrected chi connectivity index (χ0v) is 11.0. The van der Waals surface area contributed by atoms with E-state index < -0.39 is 0 Å². The van der Waals surface area contributed by atoms with E-state index in [0.717, 1.165) is 25.2 Å².